The van der Waals surface area contributed by atoms with Gasteiger partial charge in [0.1, 0.15) is 11.6 Å². The van der Waals surface area contributed by atoms with Gasteiger partial charge in [0.15, 0.2) is 5.65 Å². The zero-order valence-electron chi connectivity index (χ0n) is 10.6. The first-order valence-electron chi connectivity index (χ1n) is 6.38. The van der Waals surface area contributed by atoms with E-state index < -0.39 is 0 Å². The number of aromatic amines is 1. The van der Waals surface area contributed by atoms with Crippen molar-refractivity contribution in [3.63, 3.8) is 0 Å². The van der Waals surface area contributed by atoms with Crippen LogP contribution in [0.5, 0.6) is 5.88 Å². The molecule has 1 aliphatic carbocycles. The zero-order valence-corrected chi connectivity index (χ0v) is 10.6. The maximum Gasteiger partial charge on any atom is 0.258 e. The van der Waals surface area contributed by atoms with Crippen molar-refractivity contribution in [2.45, 2.75) is 38.5 Å². The van der Waals surface area contributed by atoms with Crippen LogP contribution in [0, 0.1) is 18.3 Å². The Kier molecular flexibility index (Phi) is 2.56. The number of hydrogen-bond acceptors (Lipinski definition) is 4. The highest BCUT2D eigenvalue weighted by Crippen LogP contribution is 2.36. The topological polar surface area (TPSA) is 94.2 Å². The van der Waals surface area contributed by atoms with E-state index in [0.717, 1.165) is 25.7 Å². The highest BCUT2D eigenvalue weighted by Gasteiger charge is 2.26. The van der Waals surface area contributed by atoms with Gasteiger partial charge in [0.25, 0.3) is 5.56 Å². The van der Waals surface area contributed by atoms with Crippen molar-refractivity contribution in [1.82, 2.24) is 14.6 Å². The van der Waals surface area contributed by atoms with Crippen molar-refractivity contribution in [2.75, 3.05) is 0 Å². The van der Waals surface area contributed by atoms with Gasteiger partial charge in [-0.3, -0.25) is 4.79 Å². The van der Waals surface area contributed by atoms with Crippen LogP contribution in [0.3, 0.4) is 0 Å². The van der Waals surface area contributed by atoms with Crippen molar-refractivity contribution in [2.24, 2.45) is 0 Å². The lowest BCUT2D eigenvalue weighted by Crippen LogP contribution is -2.18. The molecule has 2 aromatic rings. The minimum absolute atomic E-state index is 0.0863. The average molecular weight is 258 g/mol. The fourth-order valence-electron chi connectivity index (χ4n) is 2.90. The molecule has 1 aliphatic rings. The minimum atomic E-state index is -0.312. The van der Waals surface area contributed by atoms with Crippen molar-refractivity contribution in [1.29, 1.82) is 5.26 Å². The van der Waals surface area contributed by atoms with Gasteiger partial charge in [-0.25, -0.2) is 0 Å². The third kappa shape index (κ3) is 1.62. The summed E-state index contributed by atoms with van der Waals surface area (Å²) < 4.78 is 1.27. The van der Waals surface area contributed by atoms with E-state index in [4.69, 9.17) is 5.26 Å². The Morgan fingerprint density at radius 3 is 2.79 bits per heavy atom. The SMILES string of the molecule is Cc1nn2c(O)c(C3CCCC3)c(=O)[nH]c2c1C#N. The number of nitrogens with zero attached hydrogens (tertiary/aromatic N) is 3. The number of fused-ring (bicyclic) bond motifs is 1. The van der Waals surface area contributed by atoms with Crippen LogP contribution in [0.4, 0.5) is 0 Å². The van der Waals surface area contributed by atoms with E-state index in [1.165, 1.54) is 4.52 Å². The number of H-pyrrole nitrogens is 1. The van der Waals surface area contributed by atoms with Gasteiger partial charge < -0.3 is 10.1 Å². The van der Waals surface area contributed by atoms with Crippen LogP contribution < -0.4 is 5.56 Å². The molecule has 0 bridgehead atoms. The highest BCUT2D eigenvalue weighted by molar-refractivity contribution is 5.59. The highest BCUT2D eigenvalue weighted by atomic mass is 16.3. The molecule has 2 aromatic heterocycles. The molecular formula is C13H14N4O2. The number of rotatable bonds is 1. The monoisotopic (exact) mass is 258 g/mol. The second-order valence-electron chi connectivity index (χ2n) is 5.01. The summed E-state index contributed by atoms with van der Waals surface area (Å²) in [6.07, 6.45) is 3.97. The Hall–Kier alpha value is -2.29. The Morgan fingerprint density at radius 1 is 1.47 bits per heavy atom. The van der Waals surface area contributed by atoms with Crippen LogP contribution >= 0.6 is 0 Å². The molecule has 0 saturated heterocycles. The van der Waals surface area contributed by atoms with Gasteiger partial charge in [-0.1, -0.05) is 12.8 Å². The molecule has 2 heterocycles. The number of nitrogens with one attached hydrogen (secondary N) is 1. The van der Waals surface area contributed by atoms with Gasteiger partial charge in [0, 0.05) is 0 Å². The molecule has 0 amide bonds. The first-order valence-corrected chi connectivity index (χ1v) is 6.38. The number of hydrogen-bond donors (Lipinski definition) is 2. The van der Waals surface area contributed by atoms with Gasteiger partial charge in [-0.2, -0.15) is 14.9 Å². The average Bonchev–Trinajstić information content (AvgIpc) is 2.97. The van der Waals surface area contributed by atoms with E-state index in [1.807, 2.05) is 6.07 Å². The molecule has 0 spiro atoms. The first kappa shape index (κ1) is 11.8. The van der Waals surface area contributed by atoms with E-state index in [1.54, 1.807) is 6.92 Å². The fraction of sp³-hybridized carbons (Fsp3) is 0.462. The summed E-state index contributed by atoms with van der Waals surface area (Å²) in [6, 6.07) is 2.00. The maximum absolute atomic E-state index is 12.2. The lowest BCUT2D eigenvalue weighted by atomic mass is 10.00. The first-order chi connectivity index (χ1) is 9.13. The van der Waals surface area contributed by atoms with Gasteiger partial charge in [0.05, 0.1) is 11.3 Å². The van der Waals surface area contributed by atoms with E-state index in [-0.39, 0.29) is 23.0 Å². The van der Waals surface area contributed by atoms with Crippen molar-refractivity contribution >= 4 is 5.65 Å². The summed E-state index contributed by atoms with van der Waals surface area (Å²) in [5.74, 6) is -0.0431. The summed E-state index contributed by atoms with van der Waals surface area (Å²) in [6.45, 7) is 1.68. The molecule has 6 nitrogen and oxygen atoms in total. The summed E-state index contributed by atoms with van der Waals surface area (Å²) in [7, 11) is 0. The Bertz CT molecular complexity index is 745. The number of aryl methyl sites for hydroxylation is 1. The summed E-state index contributed by atoms with van der Waals surface area (Å²) in [5.41, 5.74) is 1.15. The summed E-state index contributed by atoms with van der Waals surface area (Å²) >= 11 is 0. The van der Waals surface area contributed by atoms with Crippen molar-refractivity contribution in [3.05, 3.63) is 27.2 Å². The maximum atomic E-state index is 12.2. The molecular weight excluding hydrogens is 244 g/mol. The summed E-state index contributed by atoms with van der Waals surface area (Å²) in [5, 5.41) is 23.5. The minimum Gasteiger partial charge on any atom is -0.493 e. The molecule has 0 unspecified atom stereocenters. The molecule has 0 atom stereocenters. The van der Waals surface area contributed by atoms with E-state index >= 15 is 0 Å². The number of nitriles is 1. The van der Waals surface area contributed by atoms with Crippen LogP contribution in [-0.4, -0.2) is 19.7 Å². The standard InChI is InChI=1S/C13H14N4O2/c1-7-9(6-14)11-15-12(18)10(8-4-2-3-5-8)13(19)17(11)16-7/h8,19H,2-5H2,1H3,(H,15,18). The number of aromatic nitrogens is 3. The van der Waals surface area contributed by atoms with E-state index in [2.05, 4.69) is 10.1 Å². The van der Waals surface area contributed by atoms with Crippen molar-refractivity contribution < 1.29 is 5.11 Å². The molecule has 0 aromatic carbocycles. The third-order valence-electron chi connectivity index (χ3n) is 3.85. The second-order valence-corrected chi connectivity index (χ2v) is 5.01. The van der Waals surface area contributed by atoms with Crippen LogP contribution in [0.15, 0.2) is 4.79 Å². The Balaban J connectivity index is 2.32. The molecule has 2 N–H and O–H groups in total. The predicted octanol–water partition coefficient (Wildman–Crippen LogP) is 1.57. The van der Waals surface area contributed by atoms with Crippen molar-refractivity contribution in [3.8, 4) is 11.9 Å². The van der Waals surface area contributed by atoms with E-state index in [9.17, 15) is 9.90 Å². The molecule has 1 saturated carbocycles. The summed E-state index contributed by atoms with van der Waals surface area (Å²) in [4.78, 5) is 14.8. The zero-order chi connectivity index (χ0) is 13.6. The smallest absolute Gasteiger partial charge is 0.258 e. The Morgan fingerprint density at radius 2 is 2.16 bits per heavy atom. The largest absolute Gasteiger partial charge is 0.493 e. The van der Waals surface area contributed by atoms with Crippen LogP contribution in [0.25, 0.3) is 5.65 Å². The lowest BCUT2D eigenvalue weighted by molar-refractivity contribution is 0.419. The second kappa shape index (κ2) is 4.12. The predicted molar refractivity (Wildman–Crippen MR) is 68.1 cm³/mol. The van der Waals surface area contributed by atoms with E-state index in [0.29, 0.717) is 16.8 Å². The normalized spacial score (nSPS) is 16.0. The molecule has 6 heteroatoms. The molecule has 0 radical (unpaired) electrons. The van der Waals surface area contributed by atoms with Gasteiger partial charge in [-0.05, 0) is 25.7 Å². The molecule has 3 rings (SSSR count). The van der Waals surface area contributed by atoms with Gasteiger partial charge >= 0.3 is 0 Å². The van der Waals surface area contributed by atoms with Gasteiger partial charge in [-0.15, -0.1) is 0 Å². The molecule has 0 aliphatic heterocycles. The fourth-order valence-corrected chi connectivity index (χ4v) is 2.90. The quantitative estimate of drug-likeness (QED) is 0.811. The Labute approximate surface area is 109 Å². The number of aromatic hydroxyl groups is 1. The third-order valence-corrected chi connectivity index (χ3v) is 3.85. The van der Waals surface area contributed by atoms with Crippen LogP contribution in [0.2, 0.25) is 0 Å². The van der Waals surface area contributed by atoms with Crippen LogP contribution in [-0.2, 0) is 0 Å². The van der Waals surface area contributed by atoms with Gasteiger partial charge in [0.2, 0.25) is 5.88 Å². The van der Waals surface area contributed by atoms with Crippen LogP contribution in [0.1, 0.15) is 48.4 Å². The lowest BCUT2D eigenvalue weighted by Gasteiger charge is -2.10. The molecule has 98 valence electrons. The molecule has 19 heavy (non-hydrogen) atoms. The molecule has 1 fully saturated rings.